The van der Waals surface area contributed by atoms with E-state index < -0.39 is 20.2 Å². The summed E-state index contributed by atoms with van der Waals surface area (Å²) in [4.78, 5) is 27.2. The molecule has 0 saturated carbocycles. The number of nitrogens with one attached hydrogen (secondary N) is 2. The van der Waals surface area contributed by atoms with Gasteiger partial charge in [0.15, 0.2) is 11.6 Å². The first-order chi connectivity index (χ1) is 24.9. The largest absolute Gasteiger partial charge is 0.456 e. The van der Waals surface area contributed by atoms with E-state index in [9.17, 15) is 35.5 Å². The first-order valence-electron chi connectivity index (χ1n) is 15.5. The number of ketones is 2. The summed E-state index contributed by atoms with van der Waals surface area (Å²) in [5, 5.41) is 6.42. The summed E-state index contributed by atoms with van der Waals surface area (Å²) in [6.07, 6.45) is 0. The second-order valence-corrected chi connectivity index (χ2v) is 14.2. The van der Waals surface area contributed by atoms with Crippen LogP contribution in [0.4, 0.5) is 22.7 Å². The van der Waals surface area contributed by atoms with Crippen LogP contribution in [0.3, 0.4) is 0 Å². The topological polar surface area (TPSA) is 185 Å². The lowest BCUT2D eigenvalue weighted by Crippen LogP contribution is -2.23. The Morgan fingerprint density at radius 2 is 0.788 bits per heavy atom. The van der Waals surface area contributed by atoms with Crippen molar-refractivity contribution >= 4 is 54.6 Å². The number of anilines is 4. The van der Waals surface area contributed by atoms with E-state index >= 15 is 0 Å². The molecule has 52 heavy (non-hydrogen) atoms. The van der Waals surface area contributed by atoms with E-state index in [1.807, 2.05) is 0 Å². The van der Waals surface area contributed by atoms with Crippen LogP contribution in [0, 0.1) is 0 Å². The fourth-order valence-electron chi connectivity index (χ4n) is 5.70. The van der Waals surface area contributed by atoms with Crippen LogP contribution in [0.1, 0.15) is 31.8 Å². The number of fused-ring (bicyclic) bond motifs is 2. The third-order valence-corrected chi connectivity index (χ3v) is 9.84. The van der Waals surface area contributed by atoms with E-state index in [-0.39, 0.29) is 66.6 Å². The van der Waals surface area contributed by atoms with Gasteiger partial charge in [-0.15, -0.1) is 0 Å². The lowest BCUT2D eigenvalue weighted by Gasteiger charge is -2.24. The molecule has 1 aliphatic carbocycles. The Hall–Kier alpha value is -6.32. The molecule has 4 N–H and O–H groups in total. The average Bonchev–Trinajstić information content (AvgIpc) is 3.12. The van der Waals surface area contributed by atoms with Gasteiger partial charge >= 0.3 is 0 Å². The van der Waals surface area contributed by atoms with Gasteiger partial charge in [0.05, 0.1) is 22.5 Å². The highest BCUT2D eigenvalue weighted by Crippen LogP contribution is 2.39. The van der Waals surface area contributed by atoms with Crippen molar-refractivity contribution < 1.29 is 45.0 Å². The number of hydrogen-bond donors (Lipinski definition) is 4. The van der Waals surface area contributed by atoms with E-state index in [0.717, 1.165) is 0 Å². The van der Waals surface area contributed by atoms with Gasteiger partial charge in [-0.05, 0) is 84.9 Å². The molecule has 0 saturated heterocycles. The van der Waals surface area contributed by atoms with Gasteiger partial charge in [0.1, 0.15) is 32.8 Å². The number of carbonyl (C=O) groups excluding carboxylic acids is 2. The molecule has 0 aromatic heterocycles. The highest BCUT2D eigenvalue weighted by molar-refractivity contribution is 7.86. The number of hydrogen-bond acceptors (Lipinski definition) is 10. The maximum absolute atomic E-state index is 14.0. The SMILES string of the molecule is O=C1c2ccccc2C(=O)c2c(Nc3ccc(Oc4ccccc4S(=O)(=O)O)cc3)ccc(Nc3ccc(Oc4ccccc4S(=O)(=O)O)cc3)c21. The molecule has 0 amide bonds. The fraction of sp³-hybridized carbons (Fsp3) is 0. The average molecular weight is 735 g/mol. The van der Waals surface area contributed by atoms with E-state index in [2.05, 4.69) is 10.6 Å². The fourth-order valence-corrected chi connectivity index (χ4v) is 6.93. The van der Waals surface area contributed by atoms with Gasteiger partial charge in [0.25, 0.3) is 20.2 Å². The summed E-state index contributed by atoms with van der Waals surface area (Å²) in [6.45, 7) is 0. The standard InChI is InChI=1S/C38H26N2O10S2/c41-37-27-7-1-2-8-28(27)38(42)36-30(40-24-15-19-26(20-16-24)50-32-10-4-6-12-34(32)52(46,47)48)22-21-29(35(36)37)39-23-13-17-25(18-14-23)49-31-9-3-5-11-33(31)51(43,44)45/h1-22,39-40H,(H,43,44,45)(H,46,47,48). The van der Waals surface area contributed by atoms with Crippen molar-refractivity contribution in [1.82, 2.24) is 0 Å². The van der Waals surface area contributed by atoms with Crippen LogP contribution >= 0.6 is 0 Å². The number of benzene rings is 6. The zero-order valence-corrected chi connectivity index (χ0v) is 28.3. The molecule has 0 radical (unpaired) electrons. The van der Waals surface area contributed by atoms with Crippen molar-refractivity contribution in [3.63, 3.8) is 0 Å². The minimum Gasteiger partial charge on any atom is -0.456 e. The van der Waals surface area contributed by atoms with E-state index in [4.69, 9.17) is 9.47 Å². The Labute approximate surface area is 297 Å². The van der Waals surface area contributed by atoms with Crippen LogP contribution in [-0.4, -0.2) is 37.5 Å². The lowest BCUT2D eigenvalue weighted by molar-refractivity contribution is 0.0980. The van der Waals surface area contributed by atoms with Crippen LogP contribution in [0.2, 0.25) is 0 Å². The van der Waals surface area contributed by atoms with Gasteiger partial charge in [-0.1, -0.05) is 48.5 Å². The second-order valence-electron chi connectivity index (χ2n) is 11.5. The van der Waals surface area contributed by atoms with E-state index in [1.165, 1.54) is 36.4 Å². The predicted octanol–water partition coefficient (Wildman–Crippen LogP) is 8.03. The number of ether oxygens (including phenoxy) is 2. The number of rotatable bonds is 10. The number of para-hydroxylation sites is 2. The maximum Gasteiger partial charge on any atom is 0.298 e. The van der Waals surface area contributed by atoms with Gasteiger partial charge < -0.3 is 20.1 Å². The van der Waals surface area contributed by atoms with E-state index in [0.29, 0.717) is 22.7 Å². The zero-order valence-electron chi connectivity index (χ0n) is 26.7. The molecular weight excluding hydrogens is 709 g/mol. The summed E-state index contributed by atoms with van der Waals surface area (Å²) >= 11 is 0. The Morgan fingerprint density at radius 1 is 0.442 bits per heavy atom. The lowest BCUT2D eigenvalue weighted by atomic mass is 9.82. The molecule has 0 aliphatic heterocycles. The normalized spacial score (nSPS) is 12.4. The Balaban J connectivity index is 1.18. The number of carbonyl (C=O) groups is 2. The second kappa shape index (κ2) is 13.4. The van der Waals surface area contributed by atoms with Crippen molar-refractivity contribution in [1.29, 1.82) is 0 Å². The van der Waals surface area contributed by atoms with E-state index in [1.54, 1.807) is 97.1 Å². The summed E-state index contributed by atoms with van der Waals surface area (Å²) < 4.78 is 77.6. The van der Waals surface area contributed by atoms with Crippen molar-refractivity contribution in [2.45, 2.75) is 9.79 Å². The third kappa shape index (κ3) is 6.86. The van der Waals surface area contributed by atoms with Gasteiger partial charge in [0.2, 0.25) is 0 Å². The van der Waals surface area contributed by atoms with Crippen LogP contribution < -0.4 is 20.1 Å². The molecule has 6 aromatic carbocycles. The Morgan fingerprint density at radius 3 is 1.15 bits per heavy atom. The van der Waals surface area contributed by atoms with Gasteiger partial charge in [-0.3, -0.25) is 18.7 Å². The molecule has 0 heterocycles. The molecule has 12 nitrogen and oxygen atoms in total. The molecule has 1 aliphatic rings. The molecule has 0 unspecified atom stereocenters. The van der Waals surface area contributed by atoms with Crippen molar-refractivity contribution in [3.8, 4) is 23.0 Å². The first kappa shape index (κ1) is 34.1. The molecule has 14 heteroatoms. The van der Waals surface area contributed by atoms with Gasteiger partial charge in [-0.25, -0.2) is 0 Å². The molecule has 260 valence electrons. The van der Waals surface area contributed by atoms with Crippen LogP contribution in [0.15, 0.2) is 143 Å². The minimum absolute atomic E-state index is 0.0599. The van der Waals surface area contributed by atoms with Gasteiger partial charge in [-0.2, -0.15) is 16.8 Å². The highest BCUT2D eigenvalue weighted by Gasteiger charge is 2.34. The maximum atomic E-state index is 14.0. The highest BCUT2D eigenvalue weighted by atomic mass is 32.2. The third-order valence-electron chi connectivity index (χ3n) is 8.05. The molecule has 0 spiro atoms. The minimum atomic E-state index is -4.52. The Kier molecular flexibility index (Phi) is 8.82. The molecule has 0 atom stereocenters. The summed E-state index contributed by atoms with van der Waals surface area (Å²) in [5.41, 5.74) is 2.60. The molecule has 0 fully saturated rings. The Bertz CT molecular complexity index is 2430. The molecule has 0 bridgehead atoms. The van der Waals surface area contributed by atoms with Gasteiger partial charge in [0, 0.05) is 22.5 Å². The summed E-state index contributed by atoms with van der Waals surface area (Å²) in [7, 11) is -9.04. The molecular formula is C38H26N2O10S2. The quantitative estimate of drug-likeness (QED) is 0.0993. The monoisotopic (exact) mass is 734 g/mol. The molecule has 6 aromatic rings. The smallest absolute Gasteiger partial charge is 0.298 e. The summed E-state index contributed by atoms with van der Waals surface area (Å²) in [6, 6.07) is 34.1. The van der Waals surface area contributed by atoms with Crippen LogP contribution in [0.5, 0.6) is 23.0 Å². The van der Waals surface area contributed by atoms with Crippen molar-refractivity contribution in [2.75, 3.05) is 10.6 Å². The van der Waals surface area contributed by atoms with Crippen molar-refractivity contribution in [3.05, 3.63) is 156 Å². The first-order valence-corrected chi connectivity index (χ1v) is 18.3. The zero-order chi connectivity index (χ0) is 36.6. The predicted molar refractivity (Wildman–Crippen MR) is 192 cm³/mol. The van der Waals surface area contributed by atoms with Crippen LogP contribution in [0.25, 0.3) is 0 Å². The molecule has 7 rings (SSSR count). The van der Waals surface area contributed by atoms with Crippen molar-refractivity contribution in [2.24, 2.45) is 0 Å². The summed E-state index contributed by atoms with van der Waals surface area (Å²) in [5.74, 6) is -0.283. The van der Waals surface area contributed by atoms with Crippen LogP contribution in [-0.2, 0) is 20.2 Å².